The van der Waals surface area contributed by atoms with E-state index in [9.17, 15) is 19.2 Å². The van der Waals surface area contributed by atoms with Crippen molar-refractivity contribution in [3.8, 4) is 33.9 Å². The van der Waals surface area contributed by atoms with Crippen LogP contribution in [0.25, 0.3) is 33.9 Å². The van der Waals surface area contributed by atoms with Crippen molar-refractivity contribution >= 4 is 35.3 Å². The minimum Gasteiger partial charge on any atom is -0.465 e. The first kappa shape index (κ1) is 42.4. The first-order chi connectivity index (χ1) is 31.0. The zero-order valence-electron chi connectivity index (χ0n) is 35.9. The van der Waals surface area contributed by atoms with Crippen molar-refractivity contribution in [2.24, 2.45) is 9.98 Å². The highest BCUT2D eigenvalue weighted by Crippen LogP contribution is 2.47. The Kier molecular flexibility index (Phi) is 11.7. The van der Waals surface area contributed by atoms with E-state index in [4.69, 9.17) is 33.9 Å². The Morgan fingerprint density at radius 3 is 1.23 bits per heavy atom. The molecular formula is C52H42N4O8. The van der Waals surface area contributed by atoms with Crippen molar-refractivity contribution in [2.45, 2.75) is 19.6 Å². The average Bonchev–Trinajstić information content (AvgIpc) is 3.94. The van der Waals surface area contributed by atoms with Crippen LogP contribution in [0.4, 0.5) is 0 Å². The topological polar surface area (TPSA) is 148 Å². The predicted molar refractivity (Wildman–Crippen MR) is 243 cm³/mol. The standard InChI is InChI=1S/C52H42N4O8/c1-31-11-7-9-13-41(31)47-53-45(35-19-27-39(28-20-35)50(59)63-5)46(36-21-29-40(30-22-36)51(60)64-6)56(47)52(42-14-10-8-12-32(42)2)54-43(33-15-23-37(24-16-33)48(57)61-3)44(55-52)34-17-25-38(26-18-34)49(58)62-4/h7-30H,1-6H3. The quantitative estimate of drug-likeness (QED) is 0.0918. The smallest absolute Gasteiger partial charge is 0.337 e. The number of carbonyl (C=O) groups is 4. The van der Waals surface area contributed by atoms with Gasteiger partial charge in [-0.1, -0.05) is 97.1 Å². The number of aliphatic imine (C=N–C) groups is 2. The fourth-order valence-electron chi connectivity index (χ4n) is 7.86. The summed E-state index contributed by atoms with van der Waals surface area (Å²) < 4.78 is 22.1. The molecule has 0 atom stereocenters. The number of nitrogens with zero attached hydrogens (tertiary/aromatic N) is 4. The number of imidazole rings is 1. The van der Waals surface area contributed by atoms with Crippen molar-refractivity contribution in [3.63, 3.8) is 0 Å². The summed E-state index contributed by atoms with van der Waals surface area (Å²) in [6.07, 6.45) is 0. The summed E-state index contributed by atoms with van der Waals surface area (Å²) in [7, 11) is 5.32. The molecule has 0 saturated heterocycles. The average molecular weight is 851 g/mol. The van der Waals surface area contributed by atoms with Gasteiger partial charge in [-0.2, -0.15) is 0 Å². The number of hydrogen-bond acceptors (Lipinski definition) is 11. The number of carbonyl (C=O) groups excluding carboxylic acids is 4. The SMILES string of the molecule is COC(=O)c1ccc(C2=NC(c3ccccc3C)(n3c(-c4ccccc4C)nc(-c4ccc(C(=O)OC)cc4)c3-c3ccc(C(=O)OC)cc3)N=C2c2ccc(C(=O)OC)cc2)cc1. The van der Waals surface area contributed by atoms with Crippen LogP contribution in [0, 0.1) is 13.8 Å². The van der Waals surface area contributed by atoms with Crippen molar-refractivity contribution < 1.29 is 38.1 Å². The van der Waals surface area contributed by atoms with Gasteiger partial charge < -0.3 is 18.9 Å². The Morgan fingerprint density at radius 1 is 0.453 bits per heavy atom. The Bertz CT molecular complexity index is 2930. The molecule has 0 amide bonds. The molecule has 1 aliphatic heterocycles. The molecule has 0 saturated carbocycles. The summed E-state index contributed by atoms with van der Waals surface area (Å²) in [6.45, 7) is 4.01. The molecule has 12 heteroatoms. The van der Waals surface area contributed by atoms with E-state index in [-0.39, 0.29) is 0 Å². The maximum absolute atomic E-state index is 12.8. The lowest BCUT2D eigenvalue weighted by Crippen LogP contribution is -2.32. The third-order valence-electron chi connectivity index (χ3n) is 11.2. The van der Waals surface area contributed by atoms with Crippen molar-refractivity contribution in [2.75, 3.05) is 28.4 Å². The molecule has 12 nitrogen and oxygen atoms in total. The van der Waals surface area contributed by atoms with Crippen LogP contribution in [0.5, 0.6) is 0 Å². The molecule has 0 N–H and O–H groups in total. The van der Waals surface area contributed by atoms with Gasteiger partial charge in [0, 0.05) is 33.4 Å². The zero-order chi connectivity index (χ0) is 45.1. The lowest BCUT2D eigenvalue weighted by atomic mass is 9.98. The Balaban J connectivity index is 1.54. The number of benzene rings is 6. The minimum atomic E-state index is -1.62. The summed E-state index contributed by atoms with van der Waals surface area (Å²) in [5, 5.41) is 0. The monoisotopic (exact) mass is 850 g/mol. The minimum absolute atomic E-state index is 0.348. The first-order valence-corrected chi connectivity index (χ1v) is 20.2. The van der Waals surface area contributed by atoms with Crippen molar-refractivity contribution in [1.29, 1.82) is 0 Å². The number of aryl methyl sites for hydroxylation is 2. The van der Waals surface area contributed by atoms with E-state index >= 15 is 0 Å². The van der Waals surface area contributed by atoms with Crippen molar-refractivity contribution in [1.82, 2.24) is 9.55 Å². The van der Waals surface area contributed by atoms with E-state index in [1.807, 2.05) is 91.2 Å². The summed E-state index contributed by atoms with van der Waals surface area (Å²) in [4.78, 5) is 67.6. The van der Waals surface area contributed by atoms with Gasteiger partial charge in [0.1, 0.15) is 5.82 Å². The molecule has 1 aromatic heterocycles. The maximum Gasteiger partial charge on any atom is 0.337 e. The van der Waals surface area contributed by atoms with Crippen LogP contribution < -0.4 is 0 Å². The van der Waals surface area contributed by atoms with Gasteiger partial charge in [0.2, 0.25) is 0 Å². The molecule has 64 heavy (non-hydrogen) atoms. The maximum atomic E-state index is 12.8. The number of esters is 4. The predicted octanol–water partition coefficient (Wildman–Crippen LogP) is 9.30. The number of methoxy groups -OCH3 is 4. The fourth-order valence-corrected chi connectivity index (χ4v) is 7.86. The van der Waals surface area contributed by atoms with Crippen LogP contribution in [-0.4, -0.2) is 73.3 Å². The molecule has 7 aromatic rings. The molecule has 2 heterocycles. The van der Waals surface area contributed by atoms with E-state index in [0.29, 0.717) is 73.1 Å². The highest BCUT2D eigenvalue weighted by molar-refractivity contribution is 6.54. The third-order valence-corrected chi connectivity index (χ3v) is 11.2. The van der Waals surface area contributed by atoms with Crippen molar-refractivity contribution in [3.05, 3.63) is 196 Å². The summed E-state index contributed by atoms with van der Waals surface area (Å²) in [5.41, 5.74) is 9.52. The van der Waals surface area contributed by atoms with Crippen LogP contribution in [0.2, 0.25) is 0 Å². The van der Waals surface area contributed by atoms with Gasteiger partial charge in [0.05, 0.1) is 73.5 Å². The second-order valence-electron chi connectivity index (χ2n) is 14.9. The lowest BCUT2D eigenvalue weighted by molar-refractivity contribution is 0.0592. The lowest BCUT2D eigenvalue weighted by Gasteiger charge is -2.31. The molecule has 6 aromatic carbocycles. The van der Waals surface area contributed by atoms with E-state index < -0.39 is 29.7 Å². The zero-order valence-corrected chi connectivity index (χ0v) is 35.9. The van der Waals surface area contributed by atoms with Crippen LogP contribution in [0.3, 0.4) is 0 Å². The molecular weight excluding hydrogens is 809 g/mol. The van der Waals surface area contributed by atoms with Crippen LogP contribution in [0.1, 0.15) is 69.2 Å². The molecule has 0 fully saturated rings. The van der Waals surface area contributed by atoms with Crippen LogP contribution >= 0.6 is 0 Å². The van der Waals surface area contributed by atoms with Gasteiger partial charge in [-0.25, -0.2) is 34.1 Å². The van der Waals surface area contributed by atoms with Crippen LogP contribution in [-0.2, 0) is 24.7 Å². The van der Waals surface area contributed by atoms with E-state index in [2.05, 4.69) is 0 Å². The summed E-state index contributed by atoms with van der Waals surface area (Å²) >= 11 is 0. The largest absolute Gasteiger partial charge is 0.465 e. The first-order valence-electron chi connectivity index (χ1n) is 20.2. The Morgan fingerprint density at radius 2 is 0.828 bits per heavy atom. The van der Waals surface area contributed by atoms with Gasteiger partial charge in [0.15, 0.2) is 0 Å². The molecule has 0 aliphatic carbocycles. The number of rotatable bonds is 11. The van der Waals surface area contributed by atoms with E-state index in [1.165, 1.54) is 28.4 Å². The molecule has 0 radical (unpaired) electrons. The Hall–Kier alpha value is -8.25. The highest BCUT2D eigenvalue weighted by Gasteiger charge is 2.46. The molecule has 318 valence electrons. The number of aromatic nitrogens is 2. The second-order valence-corrected chi connectivity index (χ2v) is 14.9. The second kappa shape index (κ2) is 17.6. The van der Waals surface area contributed by atoms with Gasteiger partial charge in [-0.3, -0.25) is 4.57 Å². The molecule has 0 spiro atoms. The van der Waals surface area contributed by atoms with Gasteiger partial charge in [0.25, 0.3) is 5.79 Å². The highest BCUT2D eigenvalue weighted by atomic mass is 16.5. The third kappa shape index (κ3) is 7.66. The fraction of sp³-hybridized carbons (Fsp3) is 0.135. The summed E-state index contributed by atoms with van der Waals surface area (Å²) in [6, 6.07) is 43.7. The van der Waals surface area contributed by atoms with Crippen LogP contribution in [0.15, 0.2) is 156 Å². The van der Waals surface area contributed by atoms with E-state index in [0.717, 1.165) is 22.3 Å². The molecule has 8 rings (SSSR count). The summed E-state index contributed by atoms with van der Waals surface area (Å²) in [5.74, 6) is -3.05. The molecule has 0 unspecified atom stereocenters. The molecule has 0 bridgehead atoms. The number of hydrogen-bond donors (Lipinski definition) is 0. The van der Waals surface area contributed by atoms with E-state index in [1.54, 1.807) is 72.8 Å². The van der Waals surface area contributed by atoms with Gasteiger partial charge in [-0.05, 0) is 73.5 Å². The number of ether oxygens (including phenoxy) is 4. The van der Waals surface area contributed by atoms with Gasteiger partial charge in [-0.15, -0.1) is 0 Å². The Labute approximate surface area is 369 Å². The normalized spacial score (nSPS) is 12.8. The van der Waals surface area contributed by atoms with Gasteiger partial charge >= 0.3 is 23.9 Å². The molecule has 1 aliphatic rings.